The Morgan fingerprint density at radius 2 is 2.23 bits per heavy atom. The summed E-state index contributed by atoms with van der Waals surface area (Å²) in [7, 11) is 1.67. The van der Waals surface area contributed by atoms with Gasteiger partial charge in [0.25, 0.3) is 0 Å². The third-order valence-corrected chi connectivity index (χ3v) is 2.35. The van der Waals surface area contributed by atoms with Crippen LogP contribution in [0.2, 0.25) is 5.15 Å². The summed E-state index contributed by atoms with van der Waals surface area (Å²) in [5.74, 6) is -0.915. The second-order valence-electron chi connectivity index (χ2n) is 3.41. The summed E-state index contributed by atoms with van der Waals surface area (Å²) in [5, 5.41) is 13.3. The molecule has 0 bridgehead atoms. The molecule has 0 spiro atoms. The summed E-state index contributed by atoms with van der Waals surface area (Å²) >= 11 is 5.75. The molecule has 0 fully saturated rings. The minimum atomic E-state index is -0.995. The molecular weight excluding hydrogens is 192 g/mol. The summed E-state index contributed by atoms with van der Waals surface area (Å²) in [6.07, 6.45) is 0. The van der Waals surface area contributed by atoms with Crippen LogP contribution in [0.3, 0.4) is 0 Å². The maximum atomic E-state index is 10.8. The molecule has 0 saturated carbocycles. The van der Waals surface area contributed by atoms with E-state index in [4.69, 9.17) is 16.7 Å². The van der Waals surface area contributed by atoms with E-state index in [1.54, 1.807) is 27.0 Å². The molecule has 1 rings (SSSR count). The van der Waals surface area contributed by atoms with E-state index in [1.807, 2.05) is 0 Å². The average molecular weight is 203 g/mol. The van der Waals surface area contributed by atoms with Crippen molar-refractivity contribution in [3.63, 3.8) is 0 Å². The summed E-state index contributed by atoms with van der Waals surface area (Å²) in [6.45, 7) is 3.18. The first kappa shape index (κ1) is 10.1. The fourth-order valence-corrected chi connectivity index (χ4v) is 1.00. The first-order valence-corrected chi connectivity index (χ1v) is 4.17. The number of halogens is 1. The predicted molar refractivity (Wildman–Crippen MR) is 48.9 cm³/mol. The smallest absolute Gasteiger partial charge is 0.315 e. The molecule has 0 saturated heterocycles. The number of rotatable bonds is 2. The molecule has 72 valence electrons. The van der Waals surface area contributed by atoms with Crippen molar-refractivity contribution < 1.29 is 9.90 Å². The third kappa shape index (κ3) is 1.67. The van der Waals surface area contributed by atoms with Gasteiger partial charge in [0, 0.05) is 7.05 Å². The Balaban J connectivity index is 3.15. The van der Waals surface area contributed by atoms with Crippen LogP contribution in [0.5, 0.6) is 0 Å². The van der Waals surface area contributed by atoms with E-state index < -0.39 is 11.4 Å². The molecule has 0 radical (unpaired) electrons. The minimum Gasteiger partial charge on any atom is -0.481 e. The van der Waals surface area contributed by atoms with Gasteiger partial charge in [0.15, 0.2) is 0 Å². The molecular formula is C8H11ClN2O2. The van der Waals surface area contributed by atoms with Crippen LogP contribution in [-0.4, -0.2) is 20.9 Å². The lowest BCUT2D eigenvalue weighted by Crippen LogP contribution is -2.29. The van der Waals surface area contributed by atoms with Crippen LogP contribution in [0.1, 0.15) is 19.5 Å². The van der Waals surface area contributed by atoms with E-state index >= 15 is 0 Å². The highest BCUT2D eigenvalue weighted by atomic mass is 35.5. The van der Waals surface area contributed by atoms with Crippen molar-refractivity contribution in [3.05, 3.63) is 16.9 Å². The first-order chi connectivity index (χ1) is 5.85. The van der Waals surface area contributed by atoms with Gasteiger partial charge < -0.3 is 5.11 Å². The highest BCUT2D eigenvalue weighted by Gasteiger charge is 2.32. The van der Waals surface area contributed by atoms with Crippen LogP contribution in [0.15, 0.2) is 6.07 Å². The van der Waals surface area contributed by atoms with Crippen molar-refractivity contribution in [2.75, 3.05) is 0 Å². The Morgan fingerprint density at radius 1 is 1.69 bits per heavy atom. The molecule has 0 aliphatic carbocycles. The average Bonchev–Trinajstić information content (AvgIpc) is 2.32. The maximum Gasteiger partial charge on any atom is 0.315 e. The van der Waals surface area contributed by atoms with Gasteiger partial charge in [-0.3, -0.25) is 9.48 Å². The van der Waals surface area contributed by atoms with E-state index in [2.05, 4.69) is 5.10 Å². The lowest BCUT2D eigenvalue weighted by atomic mass is 9.90. The van der Waals surface area contributed by atoms with E-state index in [1.165, 1.54) is 4.68 Å². The molecule has 0 aliphatic heterocycles. The van der Waals surface area contributed by atoms with Crippen LogP contribution in [-0.2, 0) is 17.3 Å². The zero-order valence-corrected chi connectivity index (χ0v) is 8.46. The molecule has 1 heterocycles. The maximum absolute atomic E-state index is 10.8. The van der Waals surface area contributed by atoms with Crippen molar-refractivity contribution >= 4 is 17.6 Å². The highest BCUT2D eigenvalue weighted by Crippen LogP contribution is 2.24. The lowest BCUT2D eigenvalue weighted by Gasteiger charge is -2.15. The number of aromatic nitrogens is 2. The van der Waals surface area contributed by atoms with Gasteiger partial charge in [-0.05, 0) is 19.9 Å². The van der Waals surface area contributed by atoms with Crippen molar-refractivity contribution in [1.29, 1.82) is 0 Å². The number of hydrogen-bond acceptors (Lipinski definition) is 2. The first-order valence-electron chi connectivity index (χ1n) is 3.79. The number of carbonyl (C=O) groups is 1. The predicted octanol–water partition coefficient (Wildman–Crippen LogP) is 1.44. The number of carboxylic acid groups (broad SMARTS) is 1. The molecule has 1 N–H and O–H groups in total. The van der Waals surface area contributed by atoms with Gasteiger partial charge >= 0.3 is 5.97 Å². The minimum absolute atomic E-state index is 0.435. The van der Waals surface area contributed by atoms with Gasteiger partial charge in [-0.25, -0.2) is 0 Å². The Bertz CT molecular complexity index is 324. The number of nitrogens with zero attached hydrogens (tertiary/aromatic N) is 2. The van der Waals surface area contributed by atoms with Crippen LogP contribution < -0.4 is 0 Å². The van der Waals surface area contributed by atoms with E-state index in [9.17, 15) is 4.79 Å². The largest absolute Gasteiger partial charge is 0.481 e. The Labute approximate surface area is 81.1 Å². The van der Waals surface area contributed by atoms with Crippen molar-refractivity contribution in [2.45, 2.75) is 19.3 Å². The van der Waals surface area contributed by atoms with Crippen LogP contribution in [0.25, 0.3) is 0 Å². The molecule has 0 aromatic carbocycles. The molecule has 1 aromatic heterocycles. The van der Waals surface area contributed by atoms with E-state index in [-0.39, 0.29) is 0 Å². The number of aryl methyl sites for hydroxylation is 1. The van der Waals surface area contributed by atoms with Gasteiger partial charge in [0.2, 0.25) is 0 Å². The summed E-state index contributed by atoms with van der Waals surface area (Å²) < 4.78 is 1.45. The summed E-state index contributed by atoms with van der Waals surface area (Å²) in [4.78, 5) is 10.8. The van der Waals surface area contributed by atoms with Gasteiger partial charge in [0.1, 0.15) is 10.6 Å². The van der Waals surface area contributed by atoms with E-state index in [0.29, 0.717) is 10.8 Å². The molecule has 4 nitrogen and oxygen atoms in total. The molecule has 0 atom stereocenters. The molecule has 0 aliphatic rings. The molecule has 13 heavy (non-hydrogen) atoms. The van der Waals surface area contributed by atoms with Crippen molar-refractivity contribution in [2.24, 2.45) is 7.05 Å². The normalized spacial score (nSPS) is 11.7. The number of carboxylic acids is 1. The third-order valence-electron chi connectivity index (χ3n) is 2.00. The fourth-order valence-electron chi connectivity index (χ4n) is 0.859. The Kier molecular flexibility index (Phi) is 2.34. The van der Waals surface area contributed by atoms with Crippen molar-refractivity contribution in [3.8, 4) is 0 Å². The van der Waals surface area contributed by atoms with Gasteiger partial charge in [-0.15, -0.1) is 0 Å². The van der Waals surface area contributed by atoms with Gasteiger partial charge in [-0.1, -0.05) is 11.6 Å². The zero-order chi connectivity index (χ0) is 10.2. The topological polar surface area (TPSA) is 55.1 Å². The second kappa shape index (κ2) is 3.03. The number of hydrogen-bond donors (Lipinski definition) is 1. The van der Waals surface area contributed by atoms with Crippen LogP contribution in [0.4, 0.5) is 0 Å². The highest BCUT2D eigenvalue weighted by molar-refractivity contribution is 6.29. The molecule has 0 unspecified atom stereocenters. The van der Waals surface area contributed by atoms with Crippen molar-refractivity contribution in [1.82, 2.24) is 9.78 Å². The molecule has 1 aromatic rings. The Morgan fingerprint density at radius 3 is 2.54 bits per heavy atom. The van der Waals surface area contributed by atoms with Crippen LogP contribution >= 0.6 is 11.6 Å². The second-order valence-corrected chi connectivity index (χ2v) is 3.79. The zero-order valence-electron chi connectivity index (χ0n) is 7.71. The monoisotopic (exact) mass is 202 g/mol. The van der Waals surface area contributed by atoms with E-state index in [0.717, 1.165) is 0 Å². The summed E-state index contributed by atoms with van der Waals surface area (Å²) in [5.41, 5.74) is -0.530. The quantitative estimate of drug-likeness (QED) is 0.790. The standard InChI is InChI=1S/C8H11ClN2O2/c1-8(2,7(12)13)5-4-6(9)11(3)10-5/h4H,1-3H3,(H,12,13). The van der Waals surface area contributed by atoms with Gasteiger partial charge in [0.05, 0.1) is 5.69 Å². The van der Waals surface area contributed by atoms with Crippen LogP contribution in [0, 0.1) is 0 Å². The molecule has 0 amide bonds. The lowest BCUT2D eigenvalue weighted by molar-refractivity contribution is -0.142. The fraction of sp³-hybridized carbons (Fsp3) is 0.500. The Hall–Kier alpha value is -1.03. The number of aliphatic carboxylic acids is 1. The summed E-state index contributed by atoms with van der Waals surface area (Å²) in [6, 6.07) is 1.57. The van der Waals surface area contributed by atoms with Gasteiger partial charge in [-0.2, -0.15) is 5.10 Å². The SMILES string of the molecule is Cn1nc(C(C)(C)C(=O)O)cc1Cl. The molecule has 5 heteroatoms.